The Hall–Kier alpha value is -2.47. The van der Waals surface area contributed by atoms with Crippen LogP contribution in [-0.2, 0) is 0 Å². The van der Waals surface area contributed by atoms with Crippen LogP contribution in [0.15, 0.2) is 39.3 Å². The number of hydrogen-bond donors (Lipinski definition) is 3. The fraction of sp³-hybridized carbons (Fsp3) is 0.0833. The van der Waals surface area contributed by atoms with Gasteiger partial charge in [-0.05, 0) is 0 Å². The molecule has 1 aromatic carbocycles. The summed E-state index contributed by atoms with van der Waals surface area (Å²) in [6.45, 7) is 0. The molecule has 1 aromatic rings. The summed E-state index contributed by atoms with van der Waals surface area (Å²) in [4.78, 5) is 12.4. The van der Waals surface area contributed by atoms with Crippen LogP contribution >= 0.6 is 0 Å². The Labute approximate surface area is 100 Å². The first-order valence-corrected chi connectivity index (χ1v) is 5.59. The number of aromatic amines is 2. The minimum atomic E-state index is -0.571. The lowest BCUT2D eigenvalue weighted by atomic mass is 10.2. The van der Waals surface area contributed by atoms with E-state index >= 15 is 0 Å². The molecule has 1 aliphatic carbocycles. The SMILES string of the molecule is NC1N=Nc2[nH][nH]c3c4ccccc4c(=O)c=3c21. The van der Waals surface area contributed by atoms with Crippen LogP contribution in [-0.4, -0.2) is 10.2 Å². The molecule has 6 heteroatoms. The van der Waals surface area contributed by atoms with Gasteiger partial charge in [-0.3, -0.25) is 15.0 Å². The summed E-state index contributed by atoms with van der Waals surface area (Å²) in [5.41, 5.74) is 6.52. The Balaban J connectivity index is 2.38. The average Bonchev–Trinajstić information content (AvgIpc) is 2.91. The van der Waals surface area contributed by atoms with Gasteiger partial charge in [0, 0.05) is 10.8 Å². The lowest BCUT2D eigenvalue weighted by molar-refractivity contribution is 0.763. The van der Waals surface area contributed by atoms with Crippen LogP contribution in [0.2, 0.25) is 0 Å². The third-order valence-electron chi connectivity index (χ3n) is 3.33. The highest BCUT2D eigenvalue weighted by atomic mass is 16.1. The number of hydrogen-bond acceptors (Lipinski definition) is 4. The Morgan fingerprint density at radius 1 is 1.17 bits per heavy atom. The van der Waals surface area contributed by atoms with Gasteiger partial charge in [-0.15, -0.1) is 5.11 Å². The smallest absolute Gasteiger partial charge is 0.196 e. The van der Waals surface area contributed by atoms with Crippen molar-refractivity contribution in [2.75, 3.05) is 0 Å². The van der Waals surface area contributed by atoms with Crippen molar-refractivity contribution < 1.29 is 0 Å². The highest BCUT2D eigenvalue weighted by molar-refractivity contribution is 5.84. The third kappa shape index (κ3) is 0.981. The van der Waals surface area contributed by atoms with Crippen molar-refractivity contribution in [3.8, 4) is 0 Å². The number of rotatable bonds is 0. The fourth-order valence-corrected chi connectivity index (χ4v) is 2.52. The molecule has 6 nitrogen and oxygen atoms in total. The van der Waals surface area contributed by atoms with Gasteiger partial charge in [-0.1, -0.05) is 24.3 Å². The molecular weight excluding hydrogens is 230 g/mol. The van der Waals surface area contributed by atoms with Gasteiger partial charge in [0.05, 0.1) is 16.1 Å². The molecule has 4 N–H and O–H groups in total. The molecule has 88 valence electrons. The quantitative estimate of drug-likeness (QED) is 0.555. The number of fused-ring (bicyclic) bond motifs is 4. The van der Waals surface area contributed by atoms with Crippen molar-refractivity contribution in [2.24, 2.45) is 16.0 Å². The molecule has 0 radical (unpaired) electrons. The number of azo groups is 1. The summed E-state index contributed by atoms with van der Waals surface area (Å²) in [5.74, 6) is 0.530. The van der Waals surface area contributed by atoms with Crippen molar-refractivity contribution in [1.29, 1.82) is 0 Å². The van der Waals surface area contributed by atoms with Gasteiger partial charge >= 0.3 is 0 Å². The highest BCUT2D eigenvalue weighted by Crippen LogP contribution is 2.31. The highest BCUT2D eigenvalue weighted by Gasteiger charge is 2.22. The largest absolute Gasteiger partial charge is 0.304 e. The van der Waals surface area contributed by atoms with E-state index in [0.29, 0.717) is 22.0 Å². The first-order chi connectivity index (χ1) is 8.77. The maximum atomic E-state index is 12.4. The molecule has 0 aromatic heterocycles. The van der Waals surface area contributed by atoms with Crippen molar-refractivity contribution in [2.45, 2.75) is 6.17 Å². The Morgan fingerprint density at radius 3 is 2.78 bits per heavy atom. The zero-order valence-corrected chi connectivity index (χ0v) is 9.27. The summed E-state index contributed by atoms with van der Waals surface area (Å²) in [7, 11) is 0. The van der Waals surface area contributed by atoms with E-state index < -0.39 is 6.17 Å². The molecule has 2 aliphatic heterocycles. The van der Waals surface area contributed by atoms with Crippen LogP contribution in [0.3, 0.4) is 0 Å². The average molecular weight is 239 g/mol. The van der Waals surface area contributed by atoms with Gasteiger partial charge < -0.3 is 5.73 Å². The molecule has 3 aliphatic rings. The first kappa shape index (κ1) is 9.55. The molecular formula is C12H9N5O. The van der Waals surface area contributed by atoms with E-state index in [0.717, 1.165) is 10.7 Å². The van der Waals surface area contributed by atoms with Crippen LogP contribution in [0.4, 0.5) is 5.82 Å². The Bertz CT molecular complexity index is 920. The normalized spacial score (nSPS) is 17.7. The van der Waals surface area contributed by atoms with E-state index in [-0.39, 0.29) is 5.43 Å². The molecule has 0 amide bonds. The number of nitrogens with two attached hydrogens (primary N) is 1. The zero-order valence-electron chi connectivity index (χ0n) is 9.27. The van der Waals surface area contributed by atoms with Gasteiger partial charge in [-0.25, -0.2) is 0 Å². The second kappa shape index (κ2) is 3.05. The van der Waals surface area contributed by atoms with Crippen LogP contribution in [0.5, 0.6) is 0 Å². The van der Waals surface area contributed by atoms with E-state index in [1.807, 2.05) is 24.3 Å². The monoisotopic (exact) mass is 239 g/mol. The topological polar surface area (TPSA) is 99.4 Å². The number of benzene rings is 1. The van der Waals surface area contributed by atoms with Crippen LogP contribution < -0.4 is 11.2 Å². The zero-order chi connectivity index (χ0) is 12.3. The van der Waals surface area contributed by atoms with Crippen LogP contribution in [0, 0.1) is 10.6 Å². The van der Waals surface area contributed by atoms with Crippen LogP contribution in [0.1, 0.15) is 11.7 Å². The van der Waals surface area contributed by atoms with E-state index in [1.165, 1.54) is 0 Å². The van der Waals surface area contributed by atoms with E-state index in [1.54, 1.807) is 0 Å². The van der Waals surface area contributed by atoms with Crippen molar-refractivity contribution >= 4 is 16.6 Å². The predicted molar refractivity (Wildman–Crippen MR) is 65.7 cm³/mol. The summed E-state index contributed by atoms with van der Waals surface area (Å²) in [6.07, 6.45) is -0.571. The second-order valence-corrected chi connectivity index (χ2v) is 4.30. The molecule has 1 unspecified atom stereocenters. The molecule has 0 bridgehead atoms. The van der Waals surface area contributed by atoms with E-state index in [2.05, 4.69) is 20.4 Å². The van der Waals surface area contributed by atoms with Crippen LogP contribution in [0.25, 0.3) is 10.8 Å². The predicted octanol–water partition coefficient (Wildman–Crippen LogP) is 1.64. The molecule has 0 fully saturated rings. The Kier molecular flexibility index (Phi) is 1.62. The number of nitrogens with one attached hydrogen (secondary N) is 2. The van der Waals surface area contributed by atoms with Gasteiger partial charge in [0.15, 0.2) is 11.2 Å². The summed E-state index contributed by atoms with van der Waals surface area (Å²) in [6, 6.07) is 7.47. The van der Waals surface area contributed by atoms with Crippen molar-refractivity contribution in [3.05, 3.63) is 50.6 Å². The first-order valence-electron chi connectivity index (χ1n) is 5.59. The molecule has 0 saturated carbocycles. The molecule has 2 heterocycles. The fourth-order valence-electron chi connectivity index (χ4n) is 2.52. The molecule has 4 rings (SSSR count). The number of H-pyrrole nitrogens is 2. The maximum Gasteiger partial charge on any atom is 0.196 e. The third-order valence-corrected chi connectivity index (χ3v) is 3.33. The van der Waals surface area contributed by atoms with Crippen molar-refractivity contribution in [1.82, 2.24) is 10.2 Å². The lowest BCUT2D eigenvalue weighted by Gasteiger charge is -2.00. The van der Waals surface area contributed by atoms with E-state index in [9.17, 15) is 4.79 Å². The van der Waals surface area contributed by atoms with E-state index in [4.69, 9.17) is 5.73 Å². The molecule has 1 atom stereocenters. The van der Waals surface area contributed by atoms with Gasteiger partial charge in [0.25, 0.3) is 0 Å². The number of aromatic nitrogens is 2. The second-order valence-electron chi connectivity index (χ2n) is 4.30. The molecule has 0 spiro atoms. The summed E-state index contributed by atoms with van der Waals surface area (Å²) >= 11 is 0. The van der Waals surface area contributed by atoms with Gasteiger partial charge in [0.1, 0.15) is 6.17 Å². The van der Waals surface area contributed by atoms with Crippen molar-refractivity contribution in [3.63, 3.8) is 0 Å². The molecule has 18 heavy (non-hydrogen) atoms. The maximum absolute atomic E-state index is 12.4. The lowest BCUT2D eigenvalue weighted by Crippen LogP contribution is -2.10. The standard InChI is InChI=1S/C12H9N5O/c13-11-8-7-9(14-16-12(8)17-15-11)5-3-1-2-4-6(5)10(7)18/h1-4,11,14,16H,13H2. The minimum Gasteiger partial charge on any atom is -0.304 e. The molecule has 0 saturated heterocycles. The minimum absolute atomic E-state index is 0.0233. The summed E-state index contributed by atoms with van der Waals surface area (Å²) < 4.78 is 0. The Morgan fingerprint density at radius 2 is 1.94 bits per heavy atom. The van der Waals surface area contributed by atoms with Gasteiger partial charge in [0.2, 0.25) is 0 Å². The number of nitrogens with zero attached hydrogens (tertiary/aromatic N) is 2. The van der Waals surface area contributed by atoms with Gasteiger partial charge in [-0.2, -0.15) is 5.11 Å². The summed E-state index contributed by atoms with van der Waals surface area (Å²) in [5, 5.41) is 16.6.